The number of carbonyl (C=O) groups is 2. The van der Waals surface area contributed by atoms with E-state index in [1.54, 1.807) is 23.1 Å². The third kappa shape index (κ3) is 4.11. The summed E-state index contributed by atoms with van der Waals surface area (Å²) in [5.74, 6) is 0.172. The molecule has 0 aliphatic carbocycles. The van der Waals surface area contributed by atoms with Gasteiger partial charge in [-0.3, -0.25) is 9.59 Å². The van der Waals surface area contributed by atoms with Crippen LogP contribution in [0.15, 0.2) is 24.5 Å². The summed E-state index contributed by atoms with van der Waals surface area (Å²) in [6.07, 6.45) is 3.98. The van der Waals surface area contributed by atoms with Gasteiger partial charge < -0.3 is 15.5 Å². The summed E-state index contributed by atoms with van der Waals surface area (Å²) in [5.41, 5.74) is 1.53. The molecule has 29 heavy (non-hydrogen) atoms. The molecule has 3 atom stereocenters. The minimum Gasteiger partial charge on any atom is -0.350 e. The molecule has 0 saturated carbocycles. The lowest BCUT2D eigenvalue weighted by atomic mass is 10.0. The first-order valence-corrected chi connectivity index (χ1v) is 10.3. The highest BCUT2D eigenvalue weighted by molar-refractivity contribution is 6.30. The molecule has 9 nitrogen and oxygen atoms in total. The molecule has 1 aromatic heterocycles. The van der Waals surface area contributed by atoms with E-state index in [0.717, 1.165) is 30.6 Å². The lowest BCUT2D eigenvalue weighted by Crippen LogP contribution is -2.52. The van der Waals surface area contributed by atoms with Gasteiger partial charge in [0.05, 0.1) is 11.7 Å². The zero-order valence-electron chi connectivity index (χ0n) is 16.2. The third-order valence-corrected chi connectivity index (χ3v) is 5.96. The summed E-state index contributed by atoms with van der Waals surface area (Å²) in [6, 6.07) is 4.70. The summed E-state index contributed by atoms with van der Waals surface area (Å²) in [5, 5.41) is 18.0. The van der Waals surface area contributed by atoms with Gasteiger partial charge in [-0.15, -0.1) is 5.10 Å². The maximum atomic E-state index is 12.9. The van der Waals surface area contributed by atoms with Gasteiger partial charge in [-0.05, 0) is 65.9 Å². The molecule has 2 fully saturated rings. The van der Waals surface area contributed by atoms with Crippen LogP contribution >= 0.6 is 11.6 Å². The average molecular weight is 418 g/mol. The number of nitrogens with one attached hydrogen (secondary N) is 2. The highest BCUT2D eigenvalue weighted by atomic mass is 35.5. The van der Waals surface area contributed by atoms with E-state index in [1.807, 2.05) is 0 Å². The van der Waals surface area contributed by atoms with E-state index in [2.05, 4.69) is 33.1 Å². The molecule has 154 valence electrons. The largest absolute Gasteiger partial charge is 0.350 e. The van der Waals surface area contributed by atoms with Gasteiger partial charge >= 0.3 is 0 Å². The Morgan fingerprint density at radius 3 is 2.93 bits per heavy atom. The number of aromatic nitrogens is 4. The van der Waals surface area contributed by atoms with E-state index >= 15 is 0 Å². The highest BCUT2D eigenvalue weighted by Crippen LogP contribution is 2.24. The number of tetrazole rings is 1. The molecule has 2 aromatic rings. The number of rotatable bonds is 5. The molecule has 0 spiro atoms. The number of benzene rings is 1. The van der Waals surface area contributed by atoms with Crippen LogP contribution in [0.2, 0.25) is 5.02 Å². The first-order valence-electron chi connectivity index (χ1n) is 9.88. The van der Waals surface area contributed by atoms with E-state index in [4.69, 9.17) is 11.6 Å². The van der Waals surface area contributed by atoms with Crippen LogP contribution in [0.4, 0.5) is 0 Å². The summed E-state index contributed by atoms with van der Waals surface area (Å²) in [6.45, 7) is 3.81. The van der Waals surface area contributed by atoms with Crippen LogP contribution in [-0.4, -0.2) is 62.1 Å². The Bertz CT molecular complexity index is 889. The normalized spacial score (nSPS) is 24.1. The molecule has 4 rings (SSSR count). The van der Waals surface area contributed by atoms with Crippen LogP contribution in [0.3, 0.4) is 0 Å². The SMILES string of the molecule is CC1CCNC1C(=O)N1CCC[C@H]1C(=O)NCc1cc(Cl)ccc1-n1cnnn1. The van der Waals surface area contributed by atoms with Gasteiger partial charge in [-0.25, -0.2) is 4.68 Å². The lowest BCUT2D eigenvalue weighted by Gasteiger charge is -2.28. The Morgan fingerprint density at radius 1 is 1.34 bits per heavy atom. The summed E-state index contributed by atoms with van der Waals surface area (Å²) in [7, 11) is 0. The van der Waals surface area contributed by atoms with Gasteiger partial charge in [0, 0.05) is 18.1 Å². The Labute approximate surface area is 173 Å². The van der Waals surface area contributed by atoms with Crippen molar-refractivity contribution in [3.63, 3.8) is 0 Å². The van der Waals surface area contributed by atoms with Gasteiger partial charge in [-0.1, -0.05) is 18.5 Å². The minimum absolute atomic E-state index is 0.0322. The van der Waals surface area contributed by atoms with Crippen LogP contribution in [-0.2, 0) is 16.1 Å². The number of hydrogen-bond acceptors (Lipinski definition) is 6. The van der Waals surface area contributed by atoms with Crippen molar-refractivity contribution in [2.45, 2.75) is 44.8 Å². The van der Waals surface area contributed by atoms with Crippen LogP contribution in [0.1, 0.15) is 31.7 Å². The van der Waals surface area contributed by atoms with Gasteiger partial charge in [-0.2, -0.15) is 0 Å². The lowest BCUT2D eigenvalue weighted by molar-refractivity contribution is -0.140. The molecule has 2 saturated heterocycles. The number of halogens is 1. The zero-order chi connectivity index (χ0) is 20.4. The van der Waals surface area contributed by atoms with Crippen molar-refractivity contribution >= 4 is 23.4 Å². The number of amides is 2. The van der Waals surface area contributed by atoms with E-state index in [0.29, 0.717) is 18.0 Å². The van der Waals surface area contributed by atoms with Gasteiger partial charge in [0.1, 0.15) is 12.4 Å². The predicted octanol–water partition coefficient (Wildman–Crippen LogP) is 0.921. The number of likely N-dealkylation sites (tertiary alicyclic amines) is 1. The van der Waals surface area contributed by atoms with Crippen LogP contribution in [0.5, 0.6) is 0 Å². The second-order valence-corrected chi connectivity index (χ2v) is 8.07. The van der Waals surface area contributed by atoms with Crippen molar-refractivity contribution in [1.29, 1.82) is 0 Å². The summed E-state index contributed by atoms with van der Waals surface area (Å²) in [4.78, 5) is 27.6. The van der Waals surface area contributed by atoms with Crippen molar-refractivity contribution in [2.75, 3.05) is 13.1 Å². The molecule has 2 unspecified atom stereocenters. The number of nitrogens with zero attached hydrogens (tertiary/aromatic N) is 5. The molecule has 0 radical (unpaired) electrons. The quantitative estimate of drug-likeness (QED) is 0.749. The van der Waals surface area contributed by atoms with E-state index in [9.17, 15) is 9.59 Å². The molecule has 2 aliphatic rings. The van der Waals surface area contributed by atoms with Crippen molar-refractivity contribution in [3.8, 4) is 5.69 Å². The van der Waals surface area contributed by atoms with Gasteiger partial charge in [0.15, 0.2) is 0 Å². The fourth-order valence-electron chi connectivity index (χ4n) is 4.14. The highest BCUT2D eigenvalue weighted by Gasteiger charge is 2.40. The van der Waals surface area contributed by atoms with Crippen molar-refractivity contribution in [1.82, 2.24) is 35.7 Å². The summed E-state index contributed by atoms with van der Waals surface area (Å²) < 4.78 is 1.52. The molecule has 3 heterocycles. The van der Waals surface area contributed by atoms with Crippen molar-refractivity contribution < 1.29 is 9.59 Å². The fraction of sp³-hybridized carbons (Fsp3) is 0.526. The standard InChI is InChI=1S/C19H24ClN7O2/c1-12-6-7-21-17(12)19(29)26-8-2-3-16(26)18(28)22-10-13-9-14(20)4-5-15(13)27-11-23-24-25-27/h4-5,9,11-12,16-17,21H,2-3,6-8,10H2,1H3,(H,22,28)/t12?,16-,17?/m0/s1. The molecule has 2 amide bonds. The smallest absolute Gasteiger partial charge is 0.243 e. The fourth-order valence-corrected chi connectivity index (χ4v) is 4.33. The number of carbonyl (C=O) groups excluding carboxylic acids is 2. The first-order chi connectivity index (χ1) is 14.0. The number of hydrogen-bond donors (Lipinski definition) is 2. The van der Waals surface area contributed by atoms with Crippen LogP contribution in [0.25, 0.3) is 5.69 Å². The Morgan fingerprint density at radius 2 is 2.21 bits per heavy atom. The van der Waals surface area contributed by atoms with Crippen molar-refractivity contribution in [2.24, 2.45) is 5.92 Å². The first kappa shape index (κ1) is 19.8. The monoisotopic (exact) mass is 417 g/mol. The maximum Gasteiger partial charge on any atom is 0.243 e. The van der Waals surface area contributed by atoms with Crippen LogP contribution in [0, 0.1) is 5.92 Å². The third-order valence-electron chi connectivity index (χ3n) is 5.73. The Kier molecular flexibility index (Phi) is 5.77. The van der Waals surface area contributed by atoms with E-state index in [1.165, 1.54) is 11.0 Å². The topological polar surface area (TPSA) is 105 Å². The van der Waals surface area contributed by atoms with Crippen molar-refractivity contribution in [3.05, 3.63) is 35.1 Å². The molecular weight excluding hydrogens is 394 g/mol. The average Bonchev–Trinajstić information content (AvgIpc) is 3.46. The second kappa shape index (κ2) is 8.46. The molecule has 2 N–H and O–H groups in total. The van der Waals surface area contributed by atoms with Gasteiger partial charge in [0.2, 0.25) is 11.8 Å². The predicted molar refractivity (Wildman–Crippen MR) is 106 cm³/mol. The Hall–Kier alpha value is -2.52. The molecule has 1 aromatic carbocycles. The molecule has 0 bridgehead atoms. The maximum absolute atomic E-state index is 12.9. The Balaban J connectivity index is 1.44. The zero-order valence-corrected chi connectivity index (χ0v) is 17.0. The summed E-state index contributed by atoms with van der Waals surface area (Å²) >= 11 is 6.14. The van der Waals surface area contributed by atoms with Gasteiger partial charge in [0.25, 0.3) is 0 Å². The van der Waals surface area contributed by atoms with Crippen LogP contribution < -0.4 is 10.6 Å². The van der Waals surface area contributed by atoms with E-state index < -0.39 is 6.04 Å². The molecule has 2 aliphatic heterocycles. The molecular formula is C19H24ClN7O2. The minimum atomic E-state index is -0.437. The van der Waals surface area contributed by atoms with E-state index in [-0.39, 0.29) is 30.3 Å². The molecule has 10 heteroatoms. The second-order valence-electron chi connectivity index (χ2n) is 7.63.